The van der Waals surface area contributed by atoms with E-state index in [-0.39, 0.29) is 11.5 Å². The van der Waals surface area contributed by atoms with E-state index in [4.69, 9.17) is 9.63 Å². The number of aryl methyl sites for hydroxylation is 2. The Labute approximate surface area is 137 Å². The van der Waals surface area contributed by atoms with Crippen molar-refractivity contribution in [3.63, 3.8) is 0 Å². The summed E-state index contributed by atoms with van der Waals surface area (Å²) in [7, 11) is 0. The van der Waals surface area contributed by atoms with Crippen molar-refractivity contribution in [3.05, 3.63) is 56.5 Å². The molecule has 0 atom stereocenters. The van der Waals surface area contributed by atoms with Crippen LogP contribution in [-0.4, -0.2) is 26.4 Å². The Morgan fingerprint density at radius 1 is 1.26 bits per heavy atom. The van der Waals surface area contributed by atoms with Gasteiger partial charge in [-0.15, -0.1) is 0 Å². The molecule has 1 N–H and O–H groups in total. The minimum absolute atomic E-state index is 0.0294. The van der Waals surface area contributed by atoms with Gasteiger partial charge in [0.05, 0.1) is 0 Å². The summed E-state index contributed by atoms with van der Waals surface area (Å²) in [6.07, 6.45) is 1.15. The third-order valence-electron chi connectivity index (χ3n) is 3.61. The normalized spacial score (nSPS) is 11.0. The van der Waals surface area contributed by atoms with Gasteiger partial charge in [0.25, 0.3) is 0 Å². The summed E-state index contributed by atoms with van der Waals surface area (Å²) in [4.78, 5) is 16.1. The van der Waals surface area contributed by atoms with E-state index in [9.17, 15) is 4.79 Å². The quantitative estimate of drug-likeness (QED) is 0.747. The molecule has 3 rings (SSSR count). The SMILES string of the molecule is Cc1csc(=O)n1CCc1nc(-c2ccc(CCO)cc2)no1. The van der Waals surface area contributed by atoms with Crippen molar-refractivity contribution in [3.8, 4) is 11.4 Å². The molecule has 0 aliphatic carbocycles. The zero-order chi connectivity index (χ0) is 16.2. The molecule has 0 aliphatic heterocycles. The van der Waals surface area contributed by atoms with Crippen LogP contribution in [0.3, 0.4) is 0 Å². The van der Waals surface area contributed by atoms with Gasteiger partial charge in [-0.25, -0.2) is 0 Å². The standard InChI is InChI=1S/C16H17N3O3S/c1-11-10-23-16(21)19(11)8-6-14-17-15(18-22-14)13-4-2-12(3-5-13)7-9-20/h2-5,10,20H,6-9H2,1H3. The number of hydrogen-bond donors (Lipinski definition) is 1. The monoisotopic (exact) mass is 331 g/mol. The van der Waals surface area contributed by atoms with Gasteiger partial charge in [-0.1, -0.05) is 40.8 Å². The maximum absolute atomic E-state index is 11.7. The molecule has 0 bridgehead atoms. The van der Waals surface area contributed by atoms with Crippen LogP contribution in [0.2, 0.25) is 0 Å². The summed E-state index contributed by atoms with van der Waals surface area (Å²) >= 11 is 1.20. The lowest BCUT2D eigenvalue weighted by Crippen LogP contribution is -2.16. The van der Waals surface area contributed by atoms with Gasteiger partial charge in [0.1, 0.15) is 0 Å². The molecule has 7 heteroatoms. The minimum atomic E-state index is 0.0294. The van der Waals surface area contributed by atoms with Gasteiger partial charge >= 0.3 is 4.87 Å². The Morgan fingerprint density at radius 3 is 2.70 bits per heavy atom. The second kappa shape index (κ2) is 6.89. The number of thiazole rings is 1. The van der Waals surface area contributed by atoms with E-state index >= 15 is 0 Å². The van der Waals surface area contributed by atoms with Crippen molar-refractivity contribution in [1.82, 2.24) is 14.7 Å². The largest absolute Gasteiger partial charge is 0.396 e. The summed E-state index contributed by atoms with van der Waals surface area (Å²) in [5.41, 5.74) is 2.87. The predicted molar refractivity (Wildman–Crippen MR) is 87.5 cm³/mol. The summed E-state index contributed by atoms with van der Waals surface area (Å²) < 4.78 is 6.97. The molecule has 0 spiro atoms. The van der Waals surface area contributed by atoms with Crippen LogP contribution in [0.4, 0.5) is 0 Å². The highest BCUT2D eigenvalue weighted by molar-refractivity contribution is 7.07. The molecule has 0 unspecified atom stereocenters. The first kappa shape index (κ1) is 15.6. The Hall–Kier alpha value is -2.25. The van der Waals surface area contributed by atoms with Crippen molar-refractivity contribution in [2.75, 3.05) is 6.61 Å². The number of aliphatic hydroxyl groups is 1. The van der Waals surface area contributed by atoms with Crippen LogP contribution in [-0.2, 0) is 19.4 Å². The first-order valence-corrected chi connectivity index (χ1v) is 8.23. The molecule has 23 heavy (non-hydrogen) atoms. The molecular weight excluding hydrogens is 314 g/mol. The molecule has 0 saturated carbocycles. The van der Waals surface area contributed by atoms with E-state index in [1.807, 2.05) is 36.6 Å². The first-order chi connectivity index (χ1) is 11.2. The van der Waals surface area contributed by atoms with Crippen LogP contribution < -0.4 is 4.87 Å². The zero-order valence-electron chi connectivity index (χ0n) is 12.7. The lowest BCUT2D eigenvalue weighted by Gasteiger charge is -2.00. The van der Waals surface area contributed by atoms with E-state index in [2.05, 4.69) is 10.1 Å². The van der Waals surface area contributed by atoms with Gasteiger partial charge in [0, 0.05) is 36.2 Å². The minimum Gasteiger partial charge on any atom is -0.396 e. The molecule has 1 aromatic carbocycles. The molecule has 3 aromatic rings. The topological polar surface area (TPSA) is 81.2 Å². The fourth-order valence-electron chi connectivity index (χ4n) is 2.31. The molecule has 0 radical (unpaired) electrons. The molecular formula is C16H17N3O3S. The van der Waals surface area contributed by atoms with E-state index in [0.29, 0.717) is 31.1 Å². The molecule has 0 aliphatic rings. The molecule has 120 valence electrons. The second-order valence-electron chi connectivity index (χ2n) is 5.23. The predicted octanol–water partition coefficient (Wildman–Crippen LogP) is 2.05. The van der Waals surface area contributed by atoms with Gasteiger partial charge in [0.2, 0.25) is 11.7 Å². The molecule has 0 amide bonds. The van der Waals surface area contributed by atoms with E-state index in [1.54, 1.807) is 4.57 Å². The number of rotatable bonds is 6. The van der Waals surface area contributed by atoms with Crippen molar-refractivity contribution in [2.24, 2.45) is 0 Å². The number of hydrogen-bond acceptors (Lipinski definition) is 6. The second-order valence-corrected chi connectivity index (χ2v) is 6.05. The van der Waals surface area contributed by atoms with Crippen LogP contribution in [0, 0.1) is 6.92 Å². The van der Waals surface area contributed by atoms with Gasteiger partial charge in [0.15, 0.2) is 0 Å². The lowest BCUT2D eigenvalue weighted by atomic mass is 10.1. The highest BCUT2D eigenvalue weighted by atomic mass is 32.1. The fourth-order valence-corrected chi connectivity index (χ4v) is 3.07. The molecule has 6 nitrogen and oxygen atoms in total. The third-order valence-corrected chi connectivity index (χ3v) is 4.49. The maximum Gasteiger partial charge on any atom is 0.307 e. The first-order valence-electron chi connectivity index (χ1n) is 7.35. The summed E-state index contributed by atoms with van der Waals surface area (Å²) in [6.45, 7) is 2.57. The van der Waals surface area contributed by atoms with Crippen molar-refractivity contribution in [1.29, 1.82) is 0 Å². The van der Waals surface area contributed by atoms with Crippen molar-refractivity contribution in [2.45, 2.75) is 26.3 Å². The number of aliphatic hydroxyl groups excluding tert-OH is 1. The fraction of sp³-hybridized carbons (Fsp3) is 0.312. The van der Waals surface area contributed by atoms with Crippen LogP contribution in [0.25, 0.3) is 11.4 Å². The highest BCUT2D eigenvalue weighted by Crippen LogP contribution is 2.17. The van der Waals surface area contributed by atoms with Crippen molar-refractivity contribution >= 4 is 11.3 Å². The number of nitrogens with zero attached hydrogens (tertiary/aromatic N) is 3. The third kappa shape index (κ3) is 3.57. The maximum atomic E-state index is 11.7. The molecule has 2 aromatic heterocycles. The highest BCUT2D eigenvalue weighted by Gasteiger charge is 2.10. The van der Waals surface area contributed by atoms with Crippen LogP contribution in [0.5, 0.6) is 0 Å². The lowest BCUT2D eigenvalue weighted by molar-refractivity contribution is 0.299. The Bertz CT molecular complexity index is 833. The van der Waals surface area contributed by atoms with Gasteiger partial charge in [-0.05, 0) is 18.9 Å². The van der Waals surface area contributed by atoms with Gasteiger partial charge in [-0.3, -0.25) is 4.79 Å². The van der Waals surface area contributed by atoms with Crippen LogP contribution in [0.15, 0.2) is 39.0 Å². The Morgan fingerprint density at radius 2 is 2.04 bits per heavy atom. The number of aromatic nitrogens is 3. The average Bonchev–Trinajstić information content (AvgIpc) is 3.14. The van der Waals surface area contributed by atoms with E-state index < -0.39 is 0 Å². The Kier molecular flexibility index (Phi) is 4.68. The van der Waals surface area contributed by atoms with Gasteiger partial charge < -0.3 is 14.2 Å². The summed E-state index contributed by atoms with van der Waals surface area (Å²) in [5.74, 6) is 1.04. The van der Waals surface area contributed by atoms with E-state index in [1.165, 1.54) is 11.3 Å². The van der Waals surface area contributed by atoms with E-state index in [0.717, 1.165) is 16.8 Å². The average molecular weight is 331 g/mol. The zero-order valence-corrected chi connectivity index (χ0v) is 13.5. The number of benzene rings is 1. The van der Waals surface area contributed by atoms with Gasteiger partial charge in [-0.2, -0.15) is 4.98 Å². The summed E-state index contributed by atoms with van der Waals surface area (Å²) in [6, 6.07) is 7.70. The smallest absolute Gasteiger partial charge is 0.307 e. The molecule has 2 heterocycles. The Balaban J connectivity index is 1.69. The summed E-state index contributed by atoms with van der Waals surface area (Å²) in [5, 5.41) is 14.8. The van der Waals surface area contributed by atoms with Crippen molar-refractivity contribution < 1.29 is 9.63 Å². The molecule has 0 fully saturated rings. The molecule has 0 saturated heterocycles. The van der Waals surface area contributed by atoms with Crippen LogP contribution in [0.1, 0.15) is 17.1 Å². The van der Waals surface area contributed by atoms with Crippen LogP contribution >= 0.6 is 11.3 Å².